The maximum atomic E-state index is 13.3. The minimum Gasteiger partial charge on any atom is -0.334 e. The van der Waals surface area contributed by atoms with Gasteiger partial charge in [-0.25, -0.2) is 19.2 Å². The van der Waals surface area contributed by atoms with Crippen molar-refractivity contribution in [3.63, 3.8) is 0 Å². The van der Waals surface area contributed by atoms with Crippen molar-refractivity contribution in [2.75, 3.05) is 13.1 Å². The first-order chi connectivity index (χ1) is 12.6. The molecule has 2 amide bonds. The van der Waals surface area contributed by atoms with Crippen LogP contribution in [0.5, 0.6) is 0 Å². The van der Waals surface area contributed by atoms with E-state index >= 15 is 0 Å². The number of hydrogen-bond donors (Lipinski definition) is 1. The van der Waals surface area contributed by atoms with Crippen molar-refractivity contribution in [1.82, 2.24) is 20.2 Å². The highest BCUT2D eigenvalue weighted by atomic mass is 19.1. The Labute approximate surface area is 152 Å². The zero-order valence-corrected chi connectivity index (χ0v) is 15.0. The van der Waals surface area contributed by atoms with Crippen LogP contribution < -0.4 is 5.32 Å². The number of carbonyl (C=O) groups is 1. The Morgan fingerprint density at radius 3 is 3.12 bits per heavy atom. The Kier molecular flexibility index (Phi) is 4.34. The number of piperidine rings is 1. The van der Waals surface area contributed by atoms with Crippen molar-refractivity contribution in [2.24, 2.45) is 0 Å². The minimum atomic E-state index is -0.286. The number of aromatic nitrogens is 2. The Balaban J connectivity index is 1.46. The van der Waals surface area contributed by atoms with Gasteiger partial charge in [-0.2, -0.15) is 0 Å². The molecule has 5 nitrogen and oxygen atoms in total. The first-order valence-electron chi connectivity index (χ1n) is 9.16. The van der Waals surface area contributed by atoms with Gasteiger partial charge in [0.2, 0.25) is 0 Å². The van der Waals surface area contributed by atoms with Crippen LogP contribution in [0.3, 0.4) is 0 Å². The fraction of sp³-hybridized carbons (Fsp3) is 0.450. The van der Waals surface area contributed by atoms with Crippen LogP contribution in [0, 0.1) is 12.7 Å². The Bertz CT molecular complexity index is 836. The van der Waals surface area contributed by atoms with E-state index in [-0.39, 0.29) is 17.3 Å². The lowest BCUT2D eigenvalue weighted by Crippen LogP contribution is -2.51. The number of nitrogens with zero attached hydrogens (tertiary/aromatic N) is 3. The van der Waals surface area contributed by atoms with Gasteiger partial charge in [-0.15, -0.1) is 0 Å². The fourth-order valence-corrected chi connectivity index (χ4v) is 4.27. The predicted octanol–water partition coefficient (Wildman–Crippen LogP) is 3.11. The molecule has 1 aliphatic carbocycles. The van der Waals surface area contributed by atoms with Gasteiger partial charge in [0, 0.05) is 31.2 Å². The minimum absolute atomic E-state index is 0.0442. The molecular weight excluding hydrogens is 331 g/mol. The number of nitrogens with one attached hydrogen (secondary N) is 1. The van der Waals surface area contributed by atoms with E-state index in [9.17, 15) is 9.18 Å². The Hall–Kier alpha value is -2.50. The number of benzene rings is 1. The lowest BCUT2D eigenvalue weighted by molar-refractivity contribution is 0.147. The van der Waals surface area contributed by atoms with Crippen LogP contribution in [-0.2, 0) is 18.4 Å². The molecule has 2 aliphatic rings. The average Bonchev–Trinajstić information content (AvgIpc) is 2.97. The molecule has 6 heteroatoms. The molecule has 1 N–H and O–H groups in total. The van der Waals surface area contributed by atoms with Crippen molar-refractivity contribution < 1.29 is 9.18 Å². The second-order valence-corrected chi connectivity index (χ2v) is 7.39. The van der Waals surface area contributed by atoms with E-state index in [0.717, 1.165) is 49.3 Å². The van der Waals surface area contributed by atoms with Gasteiger partial charge in [0.1, 0.15) is 11.6 Å². The van der Waals surface area contributed by atoms with Crippen LogP contribution in [0.4, 0.5) is 9.18 Å². The molecule has 1 fully saturated rings. The summed E-state index contributed by atoms with van der Waals surface area (Å²) in [6, 6.07) is 6.23. The molecular formula is C20H23FN4O. The number of hydrogen-bond acceptors (Lipinski definition) is 3. The lowest BCUT2D eigenvalue weighted by Gasteiger charge is -2.40. The van der Waals surface area contributed by atoms with Gasteiger partial charge in [-0.1, -0.05) is 12.1 Å². The maximum absolute atomic E-state index is 13.3. The number of urea groups is 1. The van der Waals surface area contributed by atoms with Gasteiger partial charge in [-0.3, -0.25) is 0 Å². The molecule has 2 aromatic rings. The molecule has 1 saturated heterocycles. The molecule has 0 bridgehead atoms. The molecule has 1 aliphatic heterocycles. The highest BCUT2D eigenvalue weighted by Gasteiger charge is 2.44. The largest absolute Gasteiger partial charge is 0.334 e. The van der Waals surface area contributed by atoms with E-state index in [2.05, 4.69) is 10.3 Å². The van der Waals surface area contributed by atoms with E-state index in [1.54, 1.807) is 6.07 Å². The van der Waals surface area contributed by atoms with Gasteiger partial charge >= 0.3 is 6.03 Å². The van der Waals surface area contributed by atoms with E-state index < -0.39 is 0 Å². The standard InChI is InChI=1S/C20H23FN4O/c1-14-22-12-16-6-8-20(18(16)24-14)7-3-9-25(13-20)19(26)23-11-15-4-2-5-17(21)10-15/h2,4-5,10,12H,3,6-9,11,13H2,1H3,(H,23,26). The van der Waals surface area contributed by atoms with Gasteiger partial charge in [-0.05, 0) is 55.9 Å². The van der Waals surface area contributed by atoms with Crippen molar-refractivity contribution in [3.05, 3.63) is 58.9 Å². The van der Waals surface area contributed by atoms with E-state index in [0.29, 0.717) is 13.1 Å². The summed E-state index contributed by atoms with van der Waals surface area (Å²) < 4.78 is 13.3. The monoisotopic (exact) mass is 354 g/mol. The SMILES string of the molecule is Cc1ncc2c(n1)C1(CCCN(C(=O)NCc3cccc(F)c3)C1)CC2. The van der Waals surface area contributed by atoms with E-state index in [4.69, 9.17) is 4.98 Å². The second-order valence-electron chi connectivity index (χ2n) is 7.39. The fourth-order valence-electron chi connectivity index (χ4n) is 4.27. The topological polar surface area (TPSA) is 58.1 Å². The number of fused-ring (bicyclic) bond motifs is 2. The lowest BCUT2D eigenvalue weighted by atomic mass is 9.77. The quantitative estimate of drug-likeness (QED) is 0.901. The van der Waals surface area contributed by atoms with Crippen LogP contribution >= 0.6 is 0 Å². The molecule has 1 aromatic heterocycles. The van der Waals surface area contributed by atoms with Crippen LogP contribution in [-0.4, -0.2) is 34.0 Å². The molecule has 0 saturated carbocycles. The molecule has 1 atom stereocenters. The normalized spacial score (nSPS) is 21.7. The summed E-state index contributed by atoms with van der Waals surface area (Å²) in [6.07, 6.45) is 5.97. The molecule has 4 rings (SSSR count). The summed E-state index contributed by atoms with van der Waals surface area (Å²) >= 11 is 0. The summed E-state index contributed by atoms with van der Waals surface area (Å²) in [6.45, 7) is 3.68. The highest BCUT2D eigenvalue weighted by Crippen LogP contribution is 2.43. The summed E-state index contributed by atoms with van der Waals surface area (Å²) in [5, 5.41) is 2.93. The number of aryl methyl sites for hydroxylation is 2. The summed E-state index contributed by atoms with van der Waals surface area (Å²) in [4.78, 5) is 23.6. The molecule has 1 aromatic carbocycles. The third-order valence-electron chi connectivity index (χ3n) is 5.56. The summed E-state index contributed by atoms with van der Waals surface area (Å²) in [7, 11) is 0. The third-order valence-corrected chi connectivity index (χ3v) is 5.56. The van der Waals surface area contributed by atoms with Crippen LogP contribution in [0.1, 0.15) is 41.9 Å². The number of amides is 2. The van der Waals surface area contributed by atoms with Crippen molar-refractivity contribution in [2.45, 2.75) is 44.6 Å². The van der Waals surface area contributed by atoms with Crippen molar-refractivity contribution in [1.29, 1.82) is 0 Å². The molecule has 2 heterocycles. The van der Waals surface area contributed by atoms with E-state index in [1.807, 2.05) is 24.1 Å². The maximum Gasteiger partial charge on any atom is 0.317 e. The number of likely N-dealkylation sites (tertiary alicyclic amines) is 1. The van der Waals surface area contributed by atoms with Crippen molar-refractivity contribution in [3.8, 4) is 0 Å². The number of carbonyl (C=O) groups excluding carboxylic acids is 1. The molecule has 136 valence electrons. The number of rotatable bonds is 2. The number of halogens is 1. The van der Waals surface area contributed by atoms with Gasteiger partial charge < -0.3 is 10.2 Å². The van der Waals surface area contributed by atoms with Gasteiger partial charge in [0.05, 0.1) is 5.69 Å². The average molecular weight is 354 g/mol. The third kappa shape index (κ3) is 3.16. The first-order valence-corrected chi connectivity index (χ1v) is 9.16. The Morgan fingerprint density at radius 2 is 2.27 bits per heavy atom. The predicted molar refractivity (Wildman–Crippen MR) is 96.2 cm³/mol. The van der Waals surface area contributed by atoms with Gasteiger partial charge in [0.25, 0.3) is 0 Å². The zero-order valence-electron chi connectivity index (χ0n) is 15.0. The smallest absolute Gasteiger partial charge is 0.317 e. The second kappa shape index (κ2) is 6.67. The Morgan fingerprint density at radius 1 is 1.38 bits per heavy atom. The van der Waals surface area contributed by atoms with Crippen molar-refractivity contribution >= 4 is 6.03 Å². The molecule has 26 heavy (non-hydrogen) atoms. The summed E-state index contributed by atoms with van der Waals surface area (Å²) in [5.74, 6) is 0.504. The molecule has 0 radical (unpaired) electrons. The van der Waals surface area contributed by atoms with Crippen LogP contribution in [0.25, 0.3) is 0 Å². The van der Waals surface area contributed by atoms with Crippen LogP contribution in [0.15, 0.2) is 30.5 Å². The molecule has 1 spiro atoms. The zero-order chi connectivity index (χ0) is 18.1. The van der Waals surface area contributed by atoms with E-state index in [1.165, 1.54) is 17.7 Å². The summed E-state index contributed by atoms with van der Waals surface area (Å²) in [5.41, 5.74) is 3.07. The first kappa shape index (κ1) is 16.9. The van der Waals surface area contributed by atoms with Crippen LogP contribution in [0.2, 0.25) is 0 Å². The van der Waals surface area contributed by atoms with Gasteiger partial charge in [0.15, 0.2) is 0 Å². The molecule has 1 unspecified atom stereocenters. The highest BCUT2D eigenvalue weighted by molar-refractivity contribution is 5.74.